The summed E-state index contributed by atoms with van der Waals surface area (Å²) in [4.78, 5) is 26.9. The lowest BCUT2D eigenvalue weighted by Gasteiger charge is -2.27. The Morgan fingerprint density at radius 3 is 2.53 bits per heavy atom. The number of methoxy groups -OCH3 is 1. The molecule has 1 aliphatic rings. The second kappa shape index (κ2) is 10.0. The van der Waals surface area contributed by atoms with E-state index in [-0.39, 0.29) is 18.0 Å². The van der Waals surface area contributed by atoms with Crippen LogP contribution in [0.1, 0.15) is 64.7 Å². The van der Waals surface area contributed by atoms with Crippen molar-refractivity contribution in [1.82, 2.24) is 10.2 Å². The summed E-state index contributed by atoms with van der Waals surface area (Å²) >= 11 is 0. The number of ether oxygens (including phenoxy) is 3. The molecule has 0 unspecified atom stereocenters. The van der Waals surface area contributed by atoms with Crippen molar-refractivity contribution in [1.29, 1.82) is 0 Å². The van der Waals surface area contributed by atoms with Crippen LogP contribution in [0.15, 0.2) is 18.2 Å². The summed E-state index contributed by atoms with van der Waals surface area (Å²) in [6, 6.07) is 4.97. The summed E-state index contributed by atoms with van der Waals surface area (Å²) in [5.41, 5.74) is -0.0235. The van der Waals surface area contributed by atoms with Gasteiger partial charge in [0, 0.05) is 18.2 Å². The Labute approximate surface area is 180 Å². The first-order valence-electron chi connectivity index (χ1n) is 10.6. The van der Waals surface area contributed by atoms with Gasteiger partial charge in [-0.25, -0.2) is 4.79 Å². The van der Waals surface area contributed by atoms with Crippen LogP contribution in [-0.2, 0) is 4.74 Å². The maximum Gasteiger partial charge on any atom is 0.407 e. The molecule has 2 amide bonds. The van der Waals surface area contributed by atoms with Gasteiger partial charge in [0.25, 0.3) is 5.91 Å². The number of likely N-dealkylation sites (tertiary alicyclic amines) is 1. The minimum atomic E-state index is -0.559. The Hall–Kier alpha value is -2.44. The quantitative estimate of drug-likeness (QED) is 0.714. The number of carbonyl (C=O) groups excluding carboxylic acids is 2. The van der Waals surface area contributed by atoms with Crippen molar-refractivity contribution in [2.45, 2.75) is 72.1 Å². The van der Waals surface area contributed by atoms with Crippen LogP contribution in [0.25, 0.3) is 0 Å². The molecule has 168 valence electrons. The Kier molecular flexibility index (Phi) is 7.98. The first-order valence-corrected chi connectivity index (χ1v) is 10.6. The normalized spacial score (nSPS) is 19.0. The second-order valence-electron chi connectivity index (χ2n) is 9.18. The maximum absolute atomic E-state index is 13.1. The SMILES string of the molecule is COc1cc(C(=O)N2CC[C@@H](NC(=O)OC(C)(C)C)[C@@H]2C)ccc1OCCC(C)C. The predicted molar refractivity (Wildman–Crippen MR) is 116 cm³/mol. The van der Waals surface area contributed by atoms with Gasteiger partial charge in [-0.15, -0.1) is 0 Å². The first kappa shape index (κ1) is 23.8. The van der Waals surface area contributed by atoms with E-state index in [1.165, 1.54) is 0 Å². The number of alkyl carbamates (subject to hydrolysis) is 1. The smallest absolute Gasteiger partial charge is 0.407 e. The molecule has 1 saturated heterocycles. The van der Waals surface area contributed by atoms with E-state index in [2.05, 4.69) is 19.2 Å². The van der Waals surface area contributed by atoms with Gasteiger partial charge in [0.15, 0.2) is 11.5 Å². The van der Waals surface area contributed by atoms with Gasteiger partial charge in [0.1, 0.15) is 5.60 Å². The zero-order chi connectivity index (χ0) is 22.5. The molecule has 7 heteroatoms. The average Bonchev–Trinajstić information content (AvgIpc) is 2.99. The summed E-state index contributed by atoms with van der Waals surface area (Å²) < 4.78 is 16.6. The Bertz CT molecular complexity index is 742. The highest BCUT2D eigenvalue weighted by Crippen LogP contribution is 2.30. The van der Waals surface area contributed by atoms with E-state index in [9.17, 15) is 9.59 Å². The zero-order valence-electron chi connectivity index (χ0n) is 19.3. The van der Waals surface area contributed by atoms with Gasteiger partial charge in [-0.3, -0.25) is 4.79 Å². The number of nitrogens with one attached hydrogen (secondary N) is 1. The van der Waals surface area contributed by atoms with Gasteiger partial charge in [0.05, 0.1) is 19.8 Å². The standard InChI is InChI=1S/C23H36N2O5/c1-15(2)11-13-29-19-9-8-17(14-20(19)28-7)21(26)25-12-10-18(16(25)3)24-22(27)30-23(4,5)6/h8-9,14-16,18H,10-13H2,1-7H3,(H,24,27)/t16-,18+/m0/s1. The zero-order valence-corrected chi connectivity index (χ0v) is 19.3. The average molecular weight is 421 g/mol. The van der Waals surface area contributed by atoms with Crippen LogP contribution in [0.5, 0.6) is 11.5 Å². The molecule has 1 heterocycles. The van der Waals surface area contributed by atoms with Crippen LogP contribution >= 0.6 is 0 Å². The Balaban J connectivity index is 2.03. The second-order valence-corrected chi connectivity index (χ2v) is 9.18. The van der Waals surface area contributed by atoms with Gasteiger partial charge < -0.3 is 24.4 Å². The Morgan fingerprint density at radius 1 is 1.23 bits per heavy atom. The van der Waals surface area contributed by atoms with Crippen molar-refractivity contribution in [2.75, 3.05) is 20.3 Å². The minimum Gasteiger partial charge on any atom is -0.493 e. The molecule has 1 aliphatic heterocycles. The highest BCUT2D eigenvalue weighted by Gasteiger charge is 2.36. The van der Waals surface area contributed by atoms with E-state index in [1.54, 1.807) is 30.2 Å². The van der Waals surface area contributed by atoms with Crippen LogP contribution in [0, 0.1) is 5.92 Å². The number of carbonyl (C=O) groups is 2. The van der Waals surface area contributed by atoms with E-state index in [0.717, 1.165) is 6.42 Å². The molecule has 0 bridgehead atoms. The summed E-state index contributed by atoms with van der Waals surface area (Å²) in [5.74, 6) is 1.63. The lowest BCUT2D eigenvalue weighted by molar-refractivity contribution is 0.0485. The monoisotopic (exact) mass is 420 g/mol. The largest absolute Gasteiger partial charge is 0.493 e. The van der Waals surface area contributed by atoms with E-state index in [1.807, 2.05) is 27.7 Å². The first-order chi connectivity index (χ1) is 14.0. The Morgan fingerprint density at radius 2 is 1.93 bits per heavy atom. The van der Waals surface area contributed by atoms with Crippen molar-refractivity contribution in [3.63, 3.8) is 0 Å². The fraction of sp³-hybridized carbons (Fsp3) is 0.652. The molecule has 0 spiro atoms. The third-order valence-corrected chi connectivity index (χ3v) is 5.08. The number of rotatable bonds is 7. The highest BCUT2D eigenvalue weighted by molar-refractivity contribution is 5.95. The molecule has 7 nitrogen and oxygen atoms in total. The highest BCUT2D eigenvalue weighted by atomic mass is 16.6. The molecule has 0 radical (unpaired) electrons. The summed E-state index contributed by atoms with van der Waals surface area (Å²) in [6.07, 6.45) is 1.17. The molecule has 2 atom stereocenters. The van der Waals surface area contributed by atoms with Crippen molar-refractivity contribution < 1.29 is 23.8 Å². The molecule has 0 saturated carbocycles. The molecule has 0 aromatic heterocycles. The van der Waals surface area contributed by atoms with Crippen LogP contribution < -0.4 is 14.8 Å². The van der Waals surface area contributed by atoms with Crippen LogP contribution in [-0.4, -0.2) is 54.8 Å². The molecular formula is C23H36N2O5. The number of nitrogens with zero attached hydrogens (tertiary/aromatic N) is 1. The van der Waals surface area contributed by atoms with Gasteiger partial charge in [-0.05, 0) is 64.7 Å². The van der Waals surface area contributed by atoms with Crippen LogP contribution in [0.2, 0.25) is 0 Å². The molecule has 1 N–H and O–H groups in total. The van der Waals surface area contributed by atoms with Crippen LogP contribution in [0.3, 0.4) is 0 Å². The van der Waals surface area contributed by atoms with E-state index < -0.39 is 11.7 Å². The maximum atomic E-state index is 13.1. The fourth-order valence-electron chi connectivity index (χ4n) is 3.37. The van der Waals surface area contributed by atoms with Crippen molar-refractivity contribution in [3.05, 3.63) is 23.8 Å². The summed E-state index contributed by atoms with van der Waals surface area (Å²) in [6.45, 7) is 12.9. The van der Waals surface area contributed by atoms with Gasteiger partial charge in [-0.2, -0.15) is 0 Å². The summed E-state index contributed by atoms with van der Waals surface area (Å²) in [7, 11) is 1.57. The number of hydrogen-bond donors (Lipinski definition) is 1. The van der Waals surface area contributed by atoms with Gasteiger partial charge >= 0.3 is 6.09 Å². The molecule has 1 fully saturated rings. The van der Waals surface area contributed by atoms with E-state index >= 15 is 0 Å². The third kappa shape index (κ3) is 6.54. The topological polar surface area (TPSA) is 77.1 Å². The van der Waals surface area contributed by atoms with Crippen LogP contribution in [0.4, 0.5) is 4.79 Å². The van der Waals surface area contributed by atoms with Gasteiger partial charge in [0.2, 0.25) is 0 Å². The number of amides is 2. The molecule has 1 aromatic rings. The van der Waals surface area contributed by atoms with E-state index in [0.29, 0.717) is 42.6 Å². The molecular weight excluding hydrogens is 384 g/mol. The lowest BCUT2D eigenvalue weighted by Crippen LogP contribution is -2.46. The minimum absolute atomic E-state index is 0.0944. The van der Waals surface area contributed by atoms with Crippen molar-refractivity contribution >= 4 is 12.0 Å². The number of benzene rings is 1. The molecule has 2 rings (SSSR count). The van der Waals surface area contributed by atoms with Crippen molar-refractivity contribution in [2.24, 2.45) is 5.92 Å². The van der Waals surface area contributed by atoms with Gasteiger partial charge in [-0.1, -0.05) is 13.8 Å². The fourth-order valence-corrected chi connectivity index (χ4v) is 3.37. The third-order valence-electron chi connectivity index (χ3n) is 5.08. The predicted octanol–water partition coefficient (Wildman–Crippen LogP) is 4.25. The molecule has 1 aromatic carbocycles. The summed E-state index contributed by atoms with van der Waals surface area (Å²) in [5, 5.41) is 2.89. The lowest BCUT2D eigenvalue weighted by atomic mass is 10.1. The number of hydrogen-bond acceptors (Lipinski definition) is 5. The molecule has 0 aliphatic carbocycles. The van der Waals surface area contributed by atoms with E-state index in [4.69, 9.17) is 14.2 Å². The molecule has 30 heavy (non-hydrogen) atoms. The van der Waals surface area contributed by atoms with Crippen molar-refractivity contribution in [3.8, 4) is 11.5 Å².